The number of hydrogen-bond donors (Lipinski definition) is 3. The number of rotatable bonds is 13. The molecule has 0 aliphatic carbocycles. The lowest BCUT2D eigenvalue weighted by Crippen LogP contribution is -2.41. The molecule has 0 saturated heterocycles. The first kappa shape index (κ1) is 31.8. The van der Waals surface area contributed by atoms with Crippen LogP contribution >= 0.6 is 11.8 Å². The van der Waals surface area contributed by atoms with Gasteiger partial charge >= 0.3 is 5.97 Å². The third kappa shape index (κ3) is 7.63. The summed E-state index contributed by atoms with van der Waals surface area (Å²) in [6, 6.07) is 18.1. The van der Waals surface area contributed by atoms with Crippen LogP contribution in [0.1, 0.15) is 41.9 Å². The Hall–Kier alpha value is -4.16. The van der Waals surface area contributed by atoms with Gasteiger partial charge in [0, 0.05) is 11.8 Å². The lowest BCUT2D eigenvalue weighted by atomic mass is 9.98. The monoisotopic (exact) mass is 624 g/mol. The molecule has 3 aromatic carbocycles. The number of carboxylic acids is 1. The number of carbonyl (C=O) groups excluding carboxylic acids is 1. The van der Waals surface area contributed by atoms with Crippen molar-refractivity contribution < 1.29 is 27.5 Å². The summed E-state index contributed by atoms with van der Waals surface area (Å²) >= 11 is 1.48. The molecule has 43 heavy (non-hydrogen) atoms. The van der Waals surface area contributed by atoms with E-state index in [-0.39, 0.29) is 29.1 Å². The smallest absolute Gasteiger partial charge is 0.326 e. The number of alkyl halides is 1. The molecule has 1 heterocycles. The SMILES string of the molecule is CSCC[C@H](NC(=O)c1ccc(N(Cc2cnc[nH]2)S(=O)(=O)c2ccc(C(C)(C)F)cc2)cc1-c1ccccc1)C(=O)O. The summed E-state index contributed by atoms with van der Waals surface area (Å²) in [5, 5.41) is 12.3. The zero-order chi connectivity index (χ0) is 31.2. The highest BCUT2D eigenvalue weighted by molar-refractivity contribution is 7.98. The van der Waals surface area contributed by atoms with E-state index in [9.17, 15) is 27.5 Å². The lowest BCUT2D eigenvalue weighted by molar-refractivity contribution is -0.139. The van der Waals surface area contributed by atoms with Crippen LogP contribution in [0.4, 0.5) is 10.1 Å². The first-order valence-corrected chi connectivity index (χ1v) is 16.3. The lowest BCUT2D eigenvalue weighted by Gasteiger charge is -2.26. The second kappa shape index (κ2) is 13.4. The number of aromatic nitrogens is 2. The third-order valence-electron chi connectivity index (χ3n) is 6.83. The van der Waals surface area contributed by atoms with Crippen molar-refractivity contribution in [2.75, 3.05) is 16.3 Å². The van der Waals surface area contributed by atoms with Crippen molar-refractivity contribution in [3.8, 4) is 11.1 Å². The molecule has 3 N–H and O–H groups in total. The number of aliphatic carboxylic acids is 1. The van der Waals surface area contributed by atoms with E-state index in [1.165, 1.54) is 78.8 Å². The second-order valence-electron chi connectivity index (χ2n) is 10.3. The van der Waals surface area contributed by atoms with Crippen LogP contribution in [0.3, 0.4) is 0 Å². The van der Waals surface area contributed by atoms with Gasteiger partial charge < -0.3 is 15.4 Å². The van der Waals surface area contributed by atoms with Gasteiger partial charge in [0.05, 0.1) is 29.1 Å². The molecular formula is C31H33FN4O5S2. The maximum atomic E-state index is 14.5. The number of H-pyrrole nitrogens is 1. The third-order valence-corrected chi connectivity index (χ3v) is 9.26. The van der Waals surface area contributed by atoms with Gasteiger partial charge in [0.1, 0.15) is 11.7 Å². The standard InChI is InChI=1S/C31H33FN4O5S2/c1-31(2,32)22-9-12-25(13-10-22)43(40,41)36(19-23-18-33-20-34-23)24-11-14-26(27(17-24)21-7-5-4-6-8-21)29(37)35-28(30(38)39)15-16-42-3/h4-14,17-18,20,28H,15-16,19H2,1-3H3,(H,33,34)(H,35,37)(H,38,39)/t28-/m0/s1. The van der Waals surface area contributed by atoms with Crippen LogP contribution in [0.25, 0.3) is 11.1 Å². The van der Waals surface area contributed by atoms with Crippen molar-refractivity contribution in [3.63, 3.8) is 0 Å². The highest BCUT2D eigenvalue weighted by Crippen LogP contribution is 2.33. The number of thioether (sulfide) groups is 1. The summed E-state index contributed by atoms with van der Waals surface area (Å²) < 4.78 is 43.8. The number of aromatic amines is 1. The number of halogens is 1. The average Bonchev–Trinajstić information content (AvgIpc) is 3.51. The summed E-state index contributed by atoms with van der Waals surface area (Å²) in [6.07, 6.45) is 5.05. The van der Waals surface area contributed by atoms with Gasteiger partial charge in [-0.25, -0.2) is 22.6 Å². The van der Waals surface area contributed by atoms with Crippen LogP contribution in [0.2, 0.25) is 0 Å². The van der Waals surface area contributed by atoms with E-state index in [0.717, 1.165) is 0 Å². The molecule has 0 aliphatic heterocycles. The van der Waals surface area contributed by atoms with Gasteiger partial charge in [-0.05, 0) is 79.3 Å². The van der Waals surface area contributed by atoms with Crippen molar-refractivity contribution in [3.05, 3.63) is 102 Å². The summed E-state index contributed by atoms with van der Waals surface area (Å²) in [7, 11) is -4.18. The summed E-state index contributed by atoms with van der Waals surface area (Å²) in [5.41, 5.74) is 0.726. The Morgan fingerprint density at radius 1 is 1.09 bits per heavy atom. The van der Waals surface area contributed by atoms with Crippen LogP contribution in [-0.4, -0.2) is 53.4 Å². The molecule has 0 radical (unpaired) electrons. The molecule has 12 heteroatoms. The fourth-order valence-electron chi connectivity index (χ4n) is 4.46. The van der Waals surface area contributed by atoms with E-state index in [1.807, 2.05) is 12.3 Å². The van der Waals surface area contributed by atoms with Crippen LogP contribution < -0.4 is 9.62 Å². The fraction of sp³-hybridized carbons (Fsp3) is 0.258. The van der Waals surface area contributed by atoms with Gasteiger partial charge in [-0.3, -0.25) is 9.10 Å². The van der Waals surface area contributed by atoms with Crippen molar-refractivity contribution in [1.29, 1.82) is 0 Å². The Morgan fingerprint density at radius 3 is 2.37 bits per heavy atom. The number of nitrogens with one attached hydrogen (secondary N) is 2. The summed E-state index contributed by atoms with van der Waals surface area (Å²) in [5.74, 6) is -1.18. The molecule has 4 rings (SSSR count). The minimum absolute atomic E-state index is 0.0406. The molecule has 1 amide bonds. The first-order chi connectivity index (χ1) is 20.4. The number of carbonyl (C=O) groups is 2. The van der Waals surface area contributed by atoms with Gasteiger partial charge in [0.15, 0.2) is 0 Å². The number of benzene rings is 3. The van der Waals surface area contributed by atoms with E-state index in [1.54, 1.807) is 30.3 Å². The molecule has 226 valence electrons. The van der Waals surface area contributed by atoms with E-state index >= 15 is 0 Å². The molecule has 0 aliphatic rings. The molecule has 0 saturated carbocycles. The largest absolute Gasteiger partial charge is 0.480 e. The molecule has 0 spiro atoms. The van der Waals surface area contributed by atoms with Crippen molar-refractivity contribution >= 4 is 39.3 Å². The fourth-order valence-corrected chi connectivity index (χ4v) is 6.37. The molecular weight excluding hydrogens is 591 g/mol. The normalized spacial score (nSPS) is 12.5. The minimum atomic E-state index is -4.18. The van der Waals surface area contributed by atoms with E-state index < -0.39 is 33.6 Å². The molecule has 0 unspecified atom stereocenters. The van der Waals surface area contributed by atoms with Gasteiger partial charge in [-0.2, -0.15) is 11.8 Å². The molecule has 0 fully saturated rings. The van der Waals surface area contributed by atoms with Gasteiger partial charge in [-0.15, -0.1) is 0 Å². The highest BCUT2D eigenvalue weighted by Gasteiger charge is 2.29. The number of sulfonamides is 1. The Morgan fingerprint density at radius 2 is 1.79 bits per heavy atom. The second-order valence-corrected chi connectivity index (χ2v) is 13.2. The van der Waals surface area contributed by atoms with Crippen molar-refractivity contribution in [2.45, 2.75) is 43.4 Å². The highest BCUT2D eigenvalue weighted by atomic mass is 32.2. The molecule has 9 nitrogen and oxygen atoms in total. The maximum absolute atomic E-state index is 14.5. The minimum Gasteiger partial charge on any atom is -0.480 e. The Labute approximate surface area is 254 Å². The van der Waals surface area contributed by atoms with Crippen molar-refractivity contribution in [2.24, 2.45) is 0 Å². The molecule has 1 aromatic heterocycles. The summed E-state index contributed by atoms with van der Waals surface area (Å²) in [4.78, 5) is 32.1. The first-order valence-electron chi connectivity index (χ1n) is 13.4. The van der Waals surface area contributed by atoms with Crippen molar-refractivity contribution in [1.82, 2.24) is 15.3 Å². The zero-order valence-electron chi connectivity index (χ0n) is 24.0. The summed E-state index contributed by atoms with van der Waals surface area (Å²) in [6.45, 7) is 2.69. The van der Waals surface area contributed by atoms with Crippen LogP contribution in [0.15, 0.2) is 90.2 Å². The maximum Gasteiger partial charge on any atom is 0.326 e. The van der Waals surface area contributed by atoms with E-state index in [2.05, 4.69) is 15.3 Å². The molecule has 4 aromatic rings. The number of imidazole rings is 1. The molecule has 0 bridgehead atoms. The van der Waals surface area contributed by atoms with Crippen LogP contribution in [-0.2, 0) is 27.0 Å². The topological polar surface area (TPSA) is 132 Å². The van der Waals surface area contributed by atoms with Crippen LogP contribution in [0, 0.1) is 0 Å². The quantitative estimate of drug-likeness (QED) is 0.176. The number of anilines is 1. The van der Waals surface area contributed by atoms with Gasteiger partial charge in [-0.1, -0.05) is 42.5 Å². The van der Waals surface area contributed by atoms with E-state index in [0.29, 0.717) is 28.1 Å². The predicted molar refractivity (Wildman–Crippen MR) is 166 cm³/mol. The predicted octanol–water partition coefficient (Wildman–Crippen LogP) is 5.61. The Kier molecular flexibility index (Phi) is 9.92. The Bertz CT molecular complexity index is 1660. The van der Waals surface area contributed by atoms with Gasteiger partial charge in [0.25, 0.3) is 15.9 Å². The van der Waals surface area contributed by atoms with Gasteiger partial charge in [0.2, 0.25) is 0 Å². The number of hydrogen-bond acceptors (Lipinski definition) is 6. The average molecular weight is 625 g/mol. The molecule has 1 atom stereocenters. The number of amides is 1. The van der Waals surface area contributed by atoms with Crippen LogP contribution in [0.5, 0.6) is 0 Å². The number of nitrogens with zero attached hydrogens (tertiary/aromatic N) is 2. The van der Waals surface area contributed by atoms with E-state index in [4.69, 9.17) is 0 Å². The Balaban J connectivity index is 1.81. The number of carboxylic acid groups (broad SMARTS) is 1. The zero-order valence-corrected chi connectivity index (χ0v) is 25.6.